The number of aromatic nitrogens is 2. The zero-order valence-electron chi connectivity index (χ0n) is 12.7. The van der Waals surface area contributed by atoms with Gasteiger partial charge in [-0.05, 0) is 18.1 Å². The molecule has 1 heterocycles. The zero-order chi connectivity index (χ0) is 15.8. The Bertz CT molecular complexity index is 750. The summed E-state index contributed by atoms with van der Waals surface area (Å²) in [4.78, 5) is 4.47. The number of hydrogen-bond acceptors (Lipinski definition) is 5. The van der Waals surface area contributed by atoms with Gasteiger partial charge in [0.25, 0.3) is 0 Å². The van der Waals surface area contributed by atoms with E-state index in [1.807, 2.05) is 10.6 Å². The van der Waals surface area contributed by atoms with E-state index in [0.29, 0.717) is 23.6 Å². The number of imidazole rings is 1. The van der Waals surface area contributed by atoms with Crippen LogP contribution in [0.3, 0.4) is 0 Å². The summed E-state index contributed by atoms with van der Waals surface area (Å²) in [6.45, 7) is 4.61. The summed E-state index contributed by atoms with van der Waals surface area (Å²) in [5, 5.41) is 0. The number of nitrogens with zero attached hydrogens (tertiary/aromatic N) is 2. The van der Waals surface area contributed by atoms with Gasteiger partial charge in [0, 0.05) is 13.4 Å². The van der Waals surface area contributed by atoms with E-state index in [0.717, 1.165) is 0 Å². The first kappa shape index (κ1) is 15.8. The largest absolute Gasteiger partial charge is 0.383 e. The van der Waals surface area contributed by atoms with Gasteiger partial charge in [-0.15, -0.1) is 0 Å². The number of benzene rings is 1. The highest BCUT2D eigenvalue weighted by atomic mass is 32.2. The van der Waals surface area contributed by atoms with Gasteiger partial charge in [-0.25, -0.2) is 13.4 Å². The maximum absolute atomic E-state index is 11.9. The summed E-state index contributed by atoms with van der Waals surface area (Å²) in [6, 6.07) is 5.09. The molecule has 0 amide bonds. The van der Waals surface area contributed by atoms with Crippen LogP contribution >= 0.6 is 0 Å². The lowest BCUT2D eigenvalue weighted by Gasteiger charge is -2.23. The van der Waals surface area contributed by atoms with Gasteiger partial charge in [-0.1, -0.05) is 19.9 Å². The topological polar surface area (TPSA) is 87.2 Å². The number of hydrogen-bond donors (Lipinski definition) is 1. The third-order valence-corrected chi connectivity index (χ3v) is 4.68. The van der Waals surface area contributed by atoms with Crippen LogP contribution in [-0.4, -0.2) is 37.9 Å². The maximum Gasteiger partial charge on any atom is 0.201 e. The number of para-hydroxylation sites is 1. The average Bonchev–Trinajstić information content (AvgIpc) is 2.70. The van der Waals surface area contributed by atoms with E-state index in [1.165, 1.54) is 6.26 Å². The van der Waals surface area contributed by atoms with Gasteiger partial charge in [0.05, 0.1) is 23.1 Å². The van der Waals surface area contributed by atoms with Crippen molar-refractivity contribution in [3.8, 4) is 0 Å². The fraction of sp³-hybridized carbons (Fsp3) is 0.500. The van der Waals surface area contributed by atoms with Gasteiger partial charge < -0.3 is 15.0 Å². The van der Waals surface area contributed by atoms with Crippen molar-refractivity contribution in [2.24, 2.45) is 5.92 Å². The van der Waals surface area contributed by atoms with E-state index in [-0.39, 0.29) is 16.9 Å². The first-order chi connectivity index (χ1) is 9.77. The number of sulfone groups is 1. The van der Waals surface area contributed by atoms with Crippen LogP contribution in [0.25, 0.3) is 11.0 Å². The highest BCUT2D eigenvalue weighted by Crippen LogP contribution is 2.30. The second kappa shape index (κ2) is 5.65. The predicted molar refractivity (Wildman–Crippen MR) is 83.0 cm³/mol. The number of nitrogens with two attached hydrogens (primary N) is 1. The second-order valence-corrected chi connectivity index (χ2v) is 7.49. The predicted octanol–water partition coefficient (Wildman–Crippen LogP) is 1.87. The van der Waals surface area contributed by atoms with Crippen LogP contribution in [0.4, 0.5) is 5.95 Å². The Morgan fingerprint density at radius 2 is 2.05 bits per heavy atom. The number of ether oxygens (including phenoxy) is 1. The Kier molecular flexibility index (Phi) is 4.25. The average molecular weight is 311 g/mol. The molecule has 7 heteroatoms. The summed E-state index contributed by atoms with van der Waals surface area (Å²) < 4.78 is 30.9. The van der Waals surface area contributed by atoms with Crippen LogP contribution in [0, 0.1) is 5.92 Å². The smallest absolute Gasteiger partial charge is 0.201 e. The molecule has 0 bridgehead atoms. The molecular weight excluding hydrogens is 290 g/mol. The number of anilines is 1. The van der Waals surface area contributed by atoms with Crippen molar-refractivity contribution in [3.63, 3.8) is 0 Å². The number of nitrogen functional groups attached to an aromatic ring is 1. The standard InChI is InChI=1S/C14H21N3O3S/c1-9(2)11(8-20-3)17-10-6-5-7-12(21(4,18)19)13(10)16-14(17)15/h5-7,9,11H,8H2,1-4H3,(H2,15,16). The van der Waals surface area contributed by atoms with Crippen molar-refractivity contribution in [2.45, 2.75) is 24.8 Å². The molecule has 0 spiro atoms. The normalized spacial score (nSPS) is 14.0. The van der Waals surface area contributed by atoms with Crippen LogP contribution in [0.15, 0.2) is 23.1 Å². The fourth-order valence-electron chi connectivity index (χ4n) is 2.49. The Hall–Kier alpha value is -1.60. The van der Waals surface area contributed by atoms with E-state index in [2.05, 4.69) is 18.8 Å². The van der Waals surface area contributed by atoms with E-state index in [9.17, 15) is 8.42 Å². The molecule has 116 valence electrons. The third-order valence-electron chi connectivity index (χ3n) is 3.55. The molecule has 21 heavy (non-hydrogen) atoms. The third kappa shape index (κ3) is 2.89. The van der Waals surface area contributed by atoms with Crippen molar-refractivity contribution in [3.05, 3.63) is 18.2 Å². The van der Waals surface area contributed by atoms with Gasteiger partial charge in [0.15, 0.2) is 9.84 Å². The second-order valence-electron chi connectivity index (χ2n) is 5.50. The molecule has 0 aliphatic heterocycles. The van der Waals surface area contributed by atoms with Crippen LogP contribution in [0.2, 0.25) is 0 Å². The Morgan fingerprint density at radius 1 is 1.38 bits per heavy atom. The maximum atomic E-state index is 11.9. The number of methoxy groups -OCH3 is 1. The zero-order valence-corrected chi connectivity index (χ0v) is 13.5. The molecule has 2 aromatic rings. The SMILES string of the molecule is COCC(C(C)C)n1c(N)nc2c(S(C)(=O)=O)cccc21. The molecule has 1 aromatic heterocycles. The minimum absolute atomic E-state index is 0.00481. The molecule has 1 unspecified atom stereocenters. The summed E-state index contributed by atoms with van der Waals surface area (Å²) in [5.74, 6) is 0.573. The molecule has 0 aliphatic rings. The van der Waals surface area contributed by atoms with E-state index < -0.39 is 9.84 Å². The molecule has 1 aromatic carbocycles. The van der Waals surface area contributed by atoms with Crippen molar-refractivity contribution in [1.82, 2.24) is 9.55 Å². The minimum Gasteiger partial charge on any atom is -0.383 e. The molecular formula is C14H21N3O3S. The lowest BCUT2D eigenvalue weighted by Crippen LogP contribution is -2.21. The molecule has 0 radical (unpaired) electrons. The van der Waals surface area contributed by atoms with Crippen LogP contribution in [-0.2, 0) is 14.6 Å². The molecule has 0 fully saturated rings. The number of rotatable bonds is 5. The monoisotopic (exact) mass is 311 g/mol. The molecule has 0 aliphatic carbocycles. The lowest BCUT2D eigenvalue weighted by atomic mass is 10.0. The van der Waals surface area contributed by atoms with Gasteiger partial charge in [0.1, 0.15) is 5.52 Å². The Labute approximate surface area is 124 Å². The molecule has 0 saturated carbocycles. The summed E-state index contributed by atoms with van der Waals surface area (Å²) in [5.41, 5.74) is 7.17. The first-order valence-electron chi connectivity index (χ1n) is 6.72. The van der Waals surface area contributed by atoms with Crippen LogP contribution in [0.5, 0.6) is 0 Å². The van der Waals surface area contributed by atoms with E-state index >= 15 is 0 Å². The highest BCUT2D eigenvalue weighted by molar-refractivity contribution is 7.91. The Morgan fingerprint density at radius 3 is 2.57 bits per heavy atom. The van der Waals surface area contributed by atoms with Crippen LogP contribution in [0.1, 0.15) is 19.9 Å². The fourth-order valence-corrected chi connectivity index (χ4v) is 3.32. The van der Waals surface area contributed by atoms with Gasteiger partial charge in [0.2, 0.25) is 5.95 Å². The summed E-state index contributed by atoms with van der Waals surface area (Å²) in [6.07, 6.45) is 1.17. The molecule has 1 atom stereocenters. The van der Waals surface area contributed by atoms with Crippen molar-refractivity contribution < 1.29 is 13.2 Å². The molecule has 0 saturated heterocycles. The first-order valence-corrected chi connectivity index (χ1v) is 8.62. The molecule has 6 nitrogen and oxygen atoms in total. The van der Waals surface area contributed by atoms with Crippen molar-refractivity contribution >= 4 is 26.8 Å². The Balaban J connectivity index is 2.74. The highest BCUT2D eigenvalue weighted by Gasteiger charge is 2.23. The van der Waals surface area contributed by atoms with Gasteiger partial charge in [-0.2, -0.15) is 0 Å². The van der Waals surface area contributed by atoms with Crippen molar-refractivity contribution in [1.29, 1.82) is 0 Å². The summed E-state index contributed by atoms with van der Waals surface area (Å²) in [7, 11) is -1.72. The lowest BCUT2D eigenvalue weighted by molar-refractivity contribution is 0.136. The van der Waals surface area contributed by atoms with E-state index in [4.69, 9.17) is 10.5 Å². The summed E-state index contributed by atoms with van der Waals surface area (Å²) >= 11 is 0. The minimum atomic E-state index is -3.35. The van der Waals surface area contributed by atoms with Gasteiger partial charge >= 0.3 is 0 Å². The van der Waals surface area contributed by atoms with Crippen molar-refractivity contribution in [2.75, 3.05) is 25.7 Å². The van der Waals surface area contributed by atoms with E-state index in [1.54, 1.807) is 19.2 Å². The number of fused-ring (bicyclic) bond motifs is 1. The molecule has 2 rings (SSSR count). The molecule has 2 N–H and O–H groups in total. The quantitative estimate of drug-likeness (QED) is 0.910. The van der Waals surface area contributed by atoms with Gasteiger partial charge in [-0.3, -0.25) is 0 Å². The van der Waals surface area contributed by atoms with Crippen LogP contribution < -0.4 is 5.73 Å².